The molecule has 1 saturated heterocycles. The molecule has 0 spiro atoms. The lowest BCUT2D eigenvalue weighted by atomic mass is 9.75. The van der Waals surface area contributed by atoms with Crippen LogP contribution in [0.4, 0.5) is 0 Å². The summed E-state index contributed by atoms with van der Waals surface area (Å²) < 4.78 is 0. The summed E-state index contributed by atoms with van der Waals surface area (Å²) in [6.45, 7) is 13.3. The highest BCUT2D eigenvalue weighted by Crippen LogP contribution is 2.34. The zero-order valence-electron chi connectivity index (χ0n) is 12.2. The maximum Gasteiger partial charge on any atom is 0.00388 e. The Kier molecular flexibility index (Phi) is 7.14. The van der Waals surface area contributed by atoms with Gasteiger partial charge in [0.15, 0.2) is 0 Å². The highest BCUT2D eigenvalue weighted by atomic mass is 15.1. The average molecular weight is 240 g/mol. The van der Waals surface area contributed by atoms with Crippen LogP contribution >= 0.6 is 0 Å². The first-order chi connectivity index (χ1) is 8.26. The molecule has 0 aliphatic carbocycles. The fraction of sp³-hybridized carbons (Fsp3) is 1.00. The van der Waals surface area contributed by atoms with E-state index in [1.54, 1.807) is 0 Å². The molecule has 1 fully saturated rings. The molecule has 1 rings (SSSR count). The summed E-state index contributed by atoms with van der Waals surface area (Å²) in [5.41, 5.74) is 0.615. The second kappa shape index (κ2) is 8.10. The maximum absolute atomic E-state index is 3.51. The summed E-state index contributed by atoms with van der Waals surface area (Å²) in [5.74, 6) is 0. The van der Waals surface area contributed by atoms with E-state index in [0.717, 1.165) is 0 Å². The lowest BCUT2D eigenvalue weighted by Crippen LogP contribution is -2.45. The molecule has 1 aliphatic heterocycles. The predicted molar refractivity (Wildman–Crippen MR) is 76.5 cm³/mol. The van der Waals surface area contributed by atoms with Crippen LogP contribution in [-0.2, 0) is 0 Å². The molecule has 1 heterocycles. The Morgan fingerprint density at radius 2 is 1.76 bits per heavy atom. The van der Waals surface area contributed by atoms with Crippen LogP contribution in [0, 0.1) is 5.41 Å². The Balaban J connectivity index is 2.50. The minimum absolute atomic E-state index is 0.615. The predicted octanol–water partition coefficient (Wildman–Crippen LogP) is 3.28. The van der Waals surface area contributed by atoms with Crippen LogP contribution in [0.15, 0.2) is 0 Å². The van der Waals surface area contributed by atoms with Crippen LogP contribution in [0.1, 0.15) is 59.3 Å². The maximum atomic E-state index is 3.51. The van der Waals surface area contributed by atoms with Crippen molar-refractivity contribution in [2.45, 2.75) is 59.3 Å². The van der Waals surface area contributed by atoms with Crippen molar-refractivity contribution in [3.8, 4) is 0 Å². The Bertz CT molecular complexity index is 180. The van der Waals surface area contributed by atoms with Gasteiger partial charge in [0.05, 0.1) is 0 Å². The van der Waals surface area contributed by atoms with Crippen molar-refractivity contribution >= 4 is 0 Å². The number of hydrogen-bond donors (Lipinski definition) is 1. The summed E-state index contributed by atoms with van der Waals surface area (Å²) in [5, 5.41) is 3.51. The van der Waals surface area contributed by atoms with E-state index in [9.17, 15) is 0 Å². The van der Waals surface area contributed by atoms with E-state index in [-0.39, 0.29) is 0 Å². The van der Waals surface area contributed by atoms with Crippen molar-refractivity contribution in [3.63, 3.8) is 0 Å². The monoisotopic (exact) mass is 240 g/mol. The molecule has 2 nitrogen and oxygen atoms in total. The van der Waals surface area contributed by atoms with Gasteiger partial charge in [0.25, 0.3) is 0 Å². The molecular weight excluding hydrogens is 208 g/mol. The van der Waals surface area contributed by atoms with Crippen LogP contribution in [0.3, 0.4) is 0 Å². The molecule has 0 aromatic heterocycles. The van der Waals surface area contributed by atoms with Crippen LogP contribution in [0.25, 0.3) is 0 Å². The number of nitrogens with zero attached hydrogens (tertiary/aromatic N) is 1. The zero-order chi connectivity index (χ0) is 12.6. The summed E-state index contributed by atoms with van der Waals surface area (Å²) in [7, 11) is 0. The number of piperidine rings is 1. The topological polar surface area (TPSA) is 15.3 Å². The van der Waals surface area contributed by atoms with E-state index in [1.165, 1.54) is 71.2 Å². The Morgan fingerprint density at radius 3 is 2.29 bits per heavy atom. The number of hydrogen-bond acceptors (Lipinski definition) is 2. The van der Waals surface area contributed by atoms with Crippen molar-refractivity contribution in [1.82, 2.24) is 10.2 Å². The molecule has 0 atom stereocenters. The normalized spacial score (nSPS) is 19.8. The number of rotatable bonds is 8. The van der Waals surface area contributed by atoms with Gasteiger partial charge in [-0.2, -0.15) is 0 Å². The largest absolute Gasteiger partial charge is 0.317 e. The smallest absolute Gasteiger partial charge is 0.00388 e. The van der Waals surface area contributed by atoms with Crippen molar-refractivity contribution in [2.75, 3.05) is 32.7 Å². The third-order valence-corrected chi connectivity index (χ3v) is 4.28. The van der Waals surface area contributed by atoms with E-state index < -0.39 is 0 Å². The average Bonchev–Trinajstić information content (AvgIpc) is 2.36. The minimum atomic E-state index is 0.615. The van der Waals surface area contributed by atoms with Gasteiger partial charge in [-0.05, 0) is 57.3 Å². The van der Waals surface area contributed by atoms with E-state index >= 15 is 0 Å². The molecule has 0 amide bonds. The molecule has 0 saturated carbocycles. The second-order valence-corrected chi connectivity index (χ2v) is 5.72. The molecule has 17 heavy (non-hydrogen) atoms. The first-order valence-electron chi connectivity index (χ1n) is 7.69. The van der Waals surface area contributed by atoms with Crippen molar-refractivity contribution in [3.05, 3.63) is 0 Å². The van der Waals surface area contributed by atoms with Gasteiger partial charge in [-0.25, -0.2) is 0 Å². The van der Waals surface area contributed by atoms with Crippen molar-refractivity contribution < 1.29 is 0 Å². The third kappa shape index (κ3) is 4.97. The van der Waals surface area contributed by atoms with Gasteiger partial charge in [0, 0.05) is 6.54 Å². The molecule has 102 valence electrons. The molecule has 0 aromatic carbocycles. The molecule has 0 bridgehead atoms. The lowest BCUT2D eigenvalue weighted by molar-refractivity contribution is 0.103. The SMILES string of the molecule is CCCCN(CC)CC1(CCC)CCNCC1. The highest BCUT2D eigenvalue weighted by molar-refractivity contribution is 4.87. The Labute approximate surface area is 108 Å². The minimum Gasteiger partial charge on any atom is -0.317 e. The van der Waals surface area contributed by atoms with Gasteiger partial charge in [0.1, 0.15) is 0 Å². The molecular formula is C15H32N2. The summed E-state index contributed by atoms with van der Waals surface area (Å²) in [6, 6.07) is 0. The van der Waals surface area contributed by atoms with Gasteiger partial charge < -0.3 is 10.2 Å². The van der Waals surface area contributed by atoms with E-state index in [1.807, 2.05) is 0 Å². The third-order valence-electron chi connectivity index (χ3n) is 4.28. The number of unbranched alkanes of at least 4 members (excludes halogenated alkanes) is 1. The summed E-state index contributed by atoms with van der Waals surface area (Å²) in [4.78, 5) is 2.68. The van der Waals surface area contributed by atoms with Crippen molar-refractivity contribution in [1.29, 1.82) is 0 Å². The zero-order valence-corrected chi connectivity index (χ0v) is 12.2. The second-order valence-electron chi connectivity index (χ2n) is 5.72. The first-order valence-corrected chi connectivity index (χ1v) is 7.69. The molecule has 0 unspecified atom stereocenters. The van der Waals surface area contributed by atoms with Crippen LogP contribution in [0.2, 0.25) is 0 Å². The van der Waals surface area contributed by atoms with Crippen LogP contribution in [-0.4, -0.2) is 37.6 Å². The van der Waals surface area contributed by atoms with Gasteiger partial charge >= 0.3 is 0 Å². The quantitative estimate of drug-likeness (QED) is 0.700. The molecule has 1 N–H and O–H groups in total. The molecule has 0 aromatic rings. The highest BCUT2D eigenvalue weighted by Gasteiger charge is 2.32. The van der Waals surface area contributed by atoms with Gasteiger partial charge in [-0.15, -0.1) is 0 Å². The fourth-order valence-electron chi connectivity index (χ4n) is 3.18. The fourth-order valence-corrected chi connectivity index (χ4v) is 3.18. The molecule has 2 heteroatoms. The van der Waals surface area contributed by atoms with Gasteiger partial charge in [0.2, 0.25) is 0 Å². The van der Waals surface area contributed by atoms with E-state index in [2.05, 4.69) is 31.0 Å². The lowest BCUT2D eigenvalue weighted by Gasteiger charge is -2.41. The van der Waals surface area contributed by atoms with Gasteiger partial charge in [-0.3, -0.25) is 0 Å². The number of nitrogens with one attached hydrogen (secondary N) is 1. The van der Waals surface area contributed by atoms with Gasteiger partial charge in [-0.1, -0.05) is 33.6 Å². The van der Waals surface area contributed by atoms with E-state index in [4.69, 9.17) is 0 Å². The Hall–Kier alpha value is -0.0800. The molecule has 1 aliphatic rings. The van der Waals surface area contributed by atoms with Crippen LogP contribution < -0.4 is 5.32 Å². The van der Waals surface area contributed by atoms with Crippen LogP contribution in [0.5, 0.6) is 0 Å². The summed E-state index contributed by atoms with van der Waals surface area (Å²) >= 11 is 0. The standard InChI is InChI=1S/C15H32N2/c1-4-7-13-17(6-3)14-15(8-5-2)9-11-16-12-10-15/h16H,4-14H2,1-3H3. The van der Waals surface area contributed by atoms with Crippen molar-refractivity contribution in [2.24, 2.45) is 5.41 Å². The van der Waals surface area contributed by atoms with E-state index in [0.29, 0.717) is 5.41 Å². The summed E-state index contributed by atoms with van der Waals surface area (Å²) in [6.07, 6.45) is 8.18. The molecule has 0 radical (unpaired) electrons. The first kappa shape index (κ1) is 15.0. The Morgan fingerprint density at radius 1 is 1.06 bits per heavy atom.